The quantitative estimate of drug-likeness (QED) is 0.831. The summed E-state index contributed by atoms with van der Waals surface area (Å²) in [7, 11) is 3.46. The van der Waals surface area contributed by atoms with Crippen molar-refractivity contribution in [3.63, 3.8) is 0 Å². The summed E-state index contributed by atoms with van der Waals surface area (Å²) in [5, 5.41) is 3.41. The topological polar surface area (TPSA) is 30.5 Å². The lowest BCUT2D eigenvalue weighted by molar-refractivity contribution is 0.387. The molecule has 1 aromatic carbocycles. The Balaban J connectivity index is 2.26. The fraction of sp³-hybridized carbons (Fsp3) is 0.571. The zero-order valence-corrected chi connectivity index (χ0v) is 12.1. The van der Waals surface area contributed by atoms with Gasteiger partial charge in [0.15, 0.2) is 0 Å². The molecule has 0 bridgehead atoms. The highest BCUT2D eigenvalue weighted by atomic mass is 32.2. The van der Waals surface area contributed by atoms with Gasteiger partial charge in [0.2, 0.25) is 0 Å². The van der Waals surface area contributed by atoms with Gasteiger partial charge in [0.25, 0.3) is 0 Å². The predicted molar refractivity (Wildman–Crippen MR) is 76.0 cm³/mol. The van der Waals surface area contributed by atoms with Crippen LogP contribution in [0.2, 0.25) is 0 Å². The maximum Gasteiger partial charge on any atom is 0.132 e. The third-order valence-electron chi connectivity index (χ3n) is 3.46. The standard InChI is InChI=1S/C14H21NO2S/c1-16-12-8-14(18-3)13(17-2)7-11(12)6-10-4-5-15-9-10/h7-8,10,15H,4-6,9H2,1-3H3. The first-order chi connectivity index (χ1) is 8.78. The molecule has 4 heteroatoms. The van der Waals surface area contributed by atoms with Crippen LogP contribution in [0.5, 0.6) is 11.5 Å². The van der Waals surface area contributed by atoms with E-state index in [1.807, 2.05) is 0 Å². The van der Waals surface area contributed by atoms with Crippen molar-refractivity contribution in [1.29, 1.82) is 0 Å². The number of rotatable bonds is 5. The second-order valence-electron chi connectivity index (χ2n) is 4.58. The van der Waals surface area contributed by atoms with Crippen LogP contribution in [0.1, 0.15) is 12.0 Å². The molecular weight excluding hydrogens is 246 g/mol. The number of hydrogen-bond acceptors (Lipinski definition) is 4. The van der Waals surface area contributed by atoms with Gasteiger partial charge >= 0.3 is 0 Å². The summed E-state index contributed by atoms with van der Waals surface area (Å²) >= 11 is 1.68. The highest BCUT2D eigenvalue weighted by Gasteiger charge is 2.18. The monoisotopic (exact) mass is 267 g/mol. The van der Waals surface area contributed by atoms with Crippen molar-refractivity contribution >= 4 is 11.8 Å². The van der Waals surface area contributed by atoms with Crippen LogP contribution in [0.25, 0.3) is 0 Å². The molecule has 0 amide bonds. The summed E-state index contributed by atoms with van der Waals surface area (Å²) < 4.78 is 11.0. The van der Waals surface area contributed by atoms with Crippen LogP contribution in [-0.4, -0.2) is 33.6 Å². The minimum absolute atomic E-state index is 0.712. The average molecular weight is 267 g/mol. The number of ether oxygens (including phenoxy) is 2. The SMILES string of the molecule is COc1cc(SC)c(OC)cc1CC1CCNC1. The van der Waals surface area contributed by atoms with Crippen LogP contribution in [0.3, 0.4) is 0 Å². The van der Waals surface area contributed by atoms with E-state index >= 15 is 0 Å². The van der Waals surface area contributed by atoms with Gasteiger partial charge in [-0.1, -0.05) is 0 Å². The Morgan fingerprint density at radius 1 is 1.28 bits per heavy atom. The van der Waals surface area contributed by atoms with Gasteiger partial charge in [-0.25, -0.2) is 0 Å². The van der Waals surface area contributed by atoms with Crippen molar-refractivity contribution in [1.82, 2.24) is 5.32 Å². The molecule has 1 aliphatic rings. The summed E-state index contributed by atoms with van der Waals surface area (Å²) in [6.45, 7) is 2.24. The lowest BCUT2D eigenvalue weighted by Gasteiger charge is -2.16. The van der Waals surface area contributed by atoms with Gasteiger partial charge in [0, 0.05) is 0 Å². The van der Waals surface area contributed by atoms with Crippen LogP contribution in [0, 0.1) is 5.92 Å². The maximum atomic E-state index is 5.51. The Labute approximate surface area is 113 Å². The van der Waals surface area contributed by atoms with Crippen LogP contribution >= 0.6 is 11.8 Å². The minimum atomic E-state index is 0.712. The molecule has 0 radical (unpaired) electrons. The molecule has 100 valence electrons. The summed E-state index contributed by atoms with van der Waals surface area (Å²) in [6.07, 6.45) is 4.36. The Morgan fingerprint density at radius 2 is 2.06 bits per heavy atom. The lowest BCUT2D eigenvalue weighted by atomic mass is 9.98. The first-order valence-electron chi connectivity index (χ1n) is 6.28. The summed E-state index contributed by atoms with van der Waals surface area (Å²) in [4.78, 5) is 1.13. The molecule has 1 saturated heterocycles. The fourth-order valence-corrected chi connectivity index (χ4v) is 3.02. The van der Waals surface area contributed by atoms with Crippen LogP contribution in [0.15, 0.2) is 17.0 Å². The lowest BCUT2D eigenvalue weighted by Crippen LogP contribution is -2.11. The molecule has 1 atom stereocenters. The minimum Gasteiger partial charge on any atom is -0.496 e. The van der Waals surface area contributed by atoms with E-state index in [2.05, 4.69) is 23.7 Å². The van der Waals surface area contributed by atoms with Crippen LogP contribution in [-0.2, 0) is 6.42 Å². The van der Waals surface area contributed by atoms with Gasteiger partial charge in [-0.15, -0.1) is 11.8 Å². The molecule has 2 rings (SSSR count). The van der Waals surface area contributed by atoms with E-state index in [0.29, 0.717) is 5.92 Å². The normalized spacial score (nSPS) is 18.9. The van der Waals surface area contributed by atoms with Crippen molar-refractivity contribution < 1.29 is 9.47 Å². The van der Waals surface area contributed by atoms with E-state index in [-0.39, 0.29) is 0 Å². The van der Waals surface area contributed by atoms with E-state index in [1.54, 1.807) is 26.0 Å². The highest BCUT2D eigenvalue weighted by molar-refractivity contribution is 7.98. The number of hydrogen-bond donors (Lipinski definition) is 1. The van der Waals surface area contributed by atoms with Gasteiger partial charge in [0.05, 0.1) is 19.1 Å². The first kappa shape index (κ1) is 13.6. The number of nitrogens with one attached hydrogen (secondary N) is 1. The van der Waals surface area contributed by atoms with Gasteiger partial charge in [0.1, 0.15) is 11.5 Å². The molecule has 1 aliphatic heterocycles. The maximum absolute atomic E-state index is 5.51. The van der Waals surface area contributed by atoms with Crippen molar-refractivity contribution in [2.75, 3.05) is 33.6 Å². The summed E-state index contributed by atoms with van der Waals surface area (Å²) in [5.41, 5.74) is 1.25. The molecule has 0 spiro atoms. The van der Waals surface area contributed by atoms with Gasteiger partial charge in [-0.3, -0.25) is 0 Å². The Kier molecular flexibility index (Phi) is 4.78. The highest BCUT2D eigenvalue weighted by Crippen LogP contribution is 2.36. The van der Waals surface area contributed by atoms with Crippen molar-refractivity contribution in [2.45, 2.75) is 17.7 Å². The Morgan fingerprint density at radius 3 is 2.61 bits per heavy atom. The average Bonchev–Trinajstić information content (AvgIpc) is 2.91. The molecule has 1 N–H and O–H groups in total. The molecule has 18 heavy (non-hydrogen) atoms. The molecule has 1 unspecified atom stereocenters. The van der Waals surface area contributed by atoms with Crippen LogP contribution < -0.4 is 14.8 Å². The third-order valence-corrected chi connectivity index (χ3v) is 4.22. The van der Waals surface area contributed by atoms with E-state index in [4.69, 9.17) is 9.47 Å². The third kappa shape index (κ3) is 2.93. The first-order valence-corrected chi connectivity index (χ1v) is 7.50. The smallest absolute Gasteiger partial charge is 0.132 e. The summed E-state index contributed by atoms with van der Waals surface area (Å²) in [5.74, 6) is 2.64. The van der Waals surface area contributed by atoms with Crippen molar-refractivity contribution in [3.05, 3.63) is 17.7 Å². The number of benzene rings is 1. The van der Waals surface area contributed by atoms with E-state index < -0.39 is 0 Å². The molecule has 1 fully saturated rings. The zero-order valence-electron chi connectivity index (χ0n) is 11.3. The fourth-order valence-electron chi connectivity index (χ4n) is 2.45. The Hall–Kier alpha value is -0.870. The van der Waals surface area contributed by atoms with Gasteiger partial charge in [-0.05, 0) is 55.8 Å². The molecule has 0 aliphatic carbocycles. The zero-order chi connectivity index (χ0) is 13.0. The molecule has 0 saturated carbocycles. The summed E-state index contributed by atoms with van der Waals surface area (Å²) in [6, 6.07) is 4.21. The largest absolute Gasteiger partial charge is 0.496 e. The van der Waals surface area contributed by atoms with Gasteiger partial charge in [-0.2, -0.15) is 0 Å². The Bertz CT molecular complexity index is 403. The molecule has 1 aromatic rings. The molecule has 0 aromatic heterocycles. The van der Waals surface area contributed by atoms with Crippen molar-refractivity contribution in [3.8, 4) is 11.5 Å². The van der Waals surface area contributed by atoms with Gasteiger partial charge < -0.3 is 14.8 Å². The van der Waals surface area contributed by atoms with Crippen molar-refractivity contribution in [2.24, 2.45) is 5.92 Å². The number of methoxy groups -OCH3 is 2. The van der Waals surface area contributed by atoms with Crippen LogP contribution in [0.4, 0.5) is 0 Å². The molecule has 1 heterocycles. The molecular formula is C14H21NO2S. The van der Waals surface area contributed by atoms with E-state index in [1.165, 1.54) is 12.0 Å². The molecule has 3 nitrogen and oxygen atoms in total. The van der Waals surface area contributed by atoms with E-state index in [9.17, 15) is 0 Å². The predicted octanol–water partition coefficient (Wildman–Crippen LogP) is 2.58. The second-order valence-corrected chi connectivity index (χ2v) is 5.43. The van der Waals surface area contributed by atoms with E-state index in [0.717, 1.165) is 35.9 Å². The number of thioether (sulfide) groups is 1. The second kappa shape index (κ2) is 6.34.